The summed E-state index contributed by atoms with van der Waals surface area (Å²) in [6.07, 6.45) is 2.10. The van der Waals surface area contributed by atoms with Crippen LogP contribution >= 0.6 is 0 Å². The zero-order valence-electron chi connectivity index (χ0n) is 7.36. The fourth-order valence-corrected chi connectivity index (χ4v) is 0. The molecule has 84 valence electrons. The lowest BCUT2D eigenvalue weighted by molar-refractivity contribution is 0.403. The van der Waals surface area contributed by atoms with E-state index in [1.165, 1.54) is 7.05 Å². The summed E-state index contributed by atoms with van der Waals surface area (Å²) in [7, 11) is -3.58. The minimum atomic E-state index is -3.16. The Labute approximate surface area is 80.5 Å². The van der Waals surface area contributed by atoms with Crippen molar-refractivity contribution in [3.8, 4) is 0 Å². The highest BCUT2D eigenvalue weighted by atomic mass is 32.2. The molecule has 0 aliphatic rings. The first-order valence-corrected chi connectivity index (χ1v) is 6.47. The molecule has 8 heteroatoms. The summed E-state index contributed by atoms with van der Waals surface area (Å²) >= 11 is 0. The maximum atomic E-state index is 9.89. The van der Waals surface area contributed by atoms with Crippen LogP contribution < -0.4 is 4.72 Å². The molecule has 0 saturated carbocycles. The predicted octanol–water partition coefficient (Wildman–Crippen LogP) is -0.606. The van der Waals surface area contributed by atoms with Gasteiger partial charge in [-0.3, -0.25) is 4.18 Å². The van der Waals surface area contributed by atoms with Gasteiger partial charge in [0.25, 0.3) is 10.1 Å². The van der Waals surface area contributed by atoms with E-state index in [9.17, 15) is 16.8 Å². The van der Waals surface area contributed by atoms with Gasteiger partial charge in [0.15, 0.2) is 0 Å². The second-order valence-corrected chi connectivity index (χ2v) is 5.54. The molecule has 0 radical (unpaired) electrons. The minimum Gasteiger partial charge on any atom is -0.274 e. The zero-order valence-corrected chi connectivity index (χ0v) is 8.99. The van der Waals surface area contributed by atoms with Crippen LogP contribution in [0, 0.1) is 0 Å². The summed E-state index contributed by atoms with van der Waals surface area (Å²) in [4.78, 5) is 0. The van der Waals surface area contributed by atoms with E-state index in [1.807, 2.05) is 0 Å². The largest absolute Gasteiger partial charge is 0.274 e. The Bertz CT molecular complexity index is 259. The maximum Gasteiger partial charge on any atom is 0.264 e. The summed E-state index contributed by atoms with van der Waals surface area (Å²) in [5.41, 5.74) is 0. The Balaban J connectivity index is -0.000000143. The second kappa shape index (κ2) is 7.25. The molecule has 0 rings (SSSR count). The molecule has 1 N–H and O–H groups in total. The highest BCUT2D eigenvalue weighted by molar-refractivity contribution is 7.88. The van der Waals surface area contributed by atoms with Crippen molar-refractivity contribution < 1.29 is 21.0 Å². The first-order valence-electron chi connectivity index (χ1n) is 2.76. The van der Waals surface area contributed by atoms with Crippen LogP contribution in [0.25, 0.3) is 0 Å². The topological polar surface area (TPSA) is 89.5 Å². The van der Waals surface area contributed by atoms with Crippen LogP contribution in [0.4, 0.5) is 0 Å². The van der Waals surface area contributed by atoms with Gasteiger partial charge < -0.3 is 0 Å². The summed E-state index contributed by atoms with van der Waals surface area (Å²) in [6.45, 7) is 0. The molecule has 0 unspecified atom stereocenters. The van der Waals surface area contributed by atoms with Crippen LogP contribution in [0.3, 0.4) is 0 Å². The molecule has 0 spiro atoms. The van der Waals surface area contributed by atoms with Gasteiger partial charge in [0, 0.05) is 0 Å². The highest BCUT2D eigenvalue weighted by Gasteiger charge is 1.90. The van der Waals surface area contributed by atoms with Crippen LogP contribution in [0.2, 0.25) is 0 Å². The molecule has 0 heterocycles. The molecule has 0 amide bonds. The Kier molecular flexibility index (Phi) is 10.4. The van der Waals surface area contributed by atoms with Crippen LogP contribution in [-0.4, -0.2) is 43.5 Å². The first kappa shape index (κ1) is 18.6. The lowest BCUT2D eigenvalue weighted by Crippen LogP contribution is -2.15. The van der Waals surface area contributed by atoms with Crippen molar-refractivity contribution in [2.45, 2.75) is 7.43 Å². The third kappa shape index (κ3) is 33.7. The molecule has 0 saturated heterocycles. The second-order valence-electron chi connectivity index (χ2n) is 1.85. The van der Waals surface area contributed by atoms with Crippen LogP contribution in [0.15, 0.2) is 0 Å². The van der Waals surface area contributed by atoms with Gasteiger partial charge in [-0.15, -0.1) is 0 Å². The van der Waals surface area contributed by atoms with Crippen molar-refractivity contribution in [3.63, 3.8) is 0 Å². The average Bonchev–Trinajstić information content (AvgIpc) is 1.86. The molecule has 6 nitrogen and oxygen atoms in total. The van der Waals surface area contributed by atoms with Gasteiger partial charge in [-0.25, -0.2) is 13.1 Å². The highest BCUT2D eigenvalue weighted by Crippen LogP contribution is 1.75. The number of hydrogen-bond donors (Lipinski definition) is 1. The van der Waals surface area contributed by atoms with Gasteiger partial charge in [0.1, 0.15) is 0 Å². The fraction of sp³-hybridized carbons (Fsp3) is 1.00. The Morgan fingerprint density at radius 1 is 1.08 bits per heavy atom. The first-order chi connectivity index (χ1) is 5.12. The minimum absolute atomic E-state index is 0. The third-order valence-electron chi connectivity index (χ3n) is 0.674. The standard InChI is InChI=1S/C2H7NO2S.C2H6O3S.CH4/c1-3-6(2,4)5;1-5-6(2,3)4;/h3H,1-2H3;1-2H3;1H4. The summed E-state index contributed by atoms with van der Waals surface area (Å²) in [6, 6.07) is 0. The number of sulfonamides is 1. The van der Waals surface area contributed by atoms with E-state index in [0.717, 1.165) is 19.6 Å². The quantitative estimate of drug-likeness (QED) is 0.645. The van der Waals surface area contributed by atoms with Crippen LogP contribution in [0.5, 0.6) is 0 Å². The molecule has 0 aliphatic carbocycles. The van der Waals surface area contributed by atoms with Crippen molar-refractivity contribution >= 4 is 20.1 Å². The summed E-state index contributed by atoms with van der Waals surface area (Å²) in [5, 5.41) is 0. The van der Waals surface area contributed by atoms with Crippen molar-refractivity contribution in [2.75, 3.05) is 26.7 Å². The normalized spacial score (nSPS) is 10.8. The van der Waals surface area contributed by atoms with E-state index in [0.29, 0.717) is 0 Å². The molecule has 13 heavy (non-hydrogen) atoms. The van der Waals surface area contributed by atoms with E-state index in [2.05, 4.69) is 8.91 Å². The SMILES string of the molecule is C.CNS(C)(=O)=O.COS(C)(=O)=O. The molecule has 0 atom stereocenters. The lowest BCUT2D eigenvalue weighted by atomic mass is 11.6. The van der Waals surface area contributed by atoms with Gasteiger partial charge in [-0.1, -0.05) is 7.43 Å². The molecule has 0 bridgehead atoms. The number of hydrogen-bond acceptors (Lipinski definition) is 5. The summed E-state index contributed by atoms with van der Waals surface area (Å²) < 4.78 is 45.3. The van der Waals surface area contributed by atoms with E-state index >= 15 is 0 Å². The molecule has 0 aromatic rings. The lowest BCUT2D eigenvalue weighted by Gasteiger charge is -1.85. The fourth-order valence-electron chi connectivity index (χ4n) is 0. The van der Waals surface area contributed by atoms with E-state index in [4.69, 9.17) is 0 Å². The van der Waals surface area contributed by atoms with Crippen molar-refractivity contribution in [1.82, 2.24) is 4.72 Å². The third-order valence-corrected chi connectivity index (χ3v) is 2.02. The van der Waals surface area contributed by atoms with Gasteiger partial charge in [-0.2, -0.15) is 8.42 Å². The summed E-state index contributed by atoms with van der Waals surface area (Å²) in [5.74, 6) is 0. The van der Waals surface area contributed by atoms with Crippen molar-refractivity contribution in [3.05, 3.63) is 0 Å². The number of rotatable bonds is 2. The molecular formula is C5H17NO5S2. The molecule has 0 aromatic carbocycles. The molecule has 0 aromatic heterocycles. The number of nitrogens with one attached hydrogen (secondary N) is 1. The Hall–Kier alpha value is -0.180. The van der Waals surface area contributed by atoms with E-state index in [1.54, 1.807) is 0 Å². The predicted molar refractivity (Wildman–Crippen MR) is 52.5 cm³/mol. The van der Waals surface area contributed by atoms with Gasteiger partial charge in [0.2, 0.25) is 10.0 Å². The Morgan fingerprint density at radius 2 is 1.23 bits per heavy atom. The van der Waals surface area contributed by atoms with Crippen LogP contribution in [-0.2, 0) is 24.3 Å². The molecule has 0 aliphatic heterocycles. The van der Waals surface area contributed by atoms with Crippen molar-refractivity contribution in [1.29, 1.82) is 0 Å². The zero-order chi connectivity index (χ0) is 10.4. The van der Waals surface area contributed by atoms with Gasteiger partial charge in [-0.05, 0) is 7.05 Å². The van der Waals surface area contributed by atoms with Gasteiger partial charge >= 0.3 is 0 Å². The average molecular weight is 235 g/mol. The molecular weight excluding hydrogens is 218 g/mol. The van der Waals surface area contributed by atoms with Gasteiger partial charge in [0.05, 0.1) is 19.6 Å². The monoisotopic (exact) mass is 235 g/mol. The maximum absolute atomic E-state index is 9.89. The Morgan fingerprint density at radius 3 is 1.23 bits per heavy atom. The van der Waals surface area contributed by atoms with E-state index < -0.39 is 20.1 Å². The van der Waals surface area contributed by atoms with E-state index in [-0.39, 0.29) is 7.43 Å². The van der Waals surface area contributed by atoms with Crippen LogP contribution in [0.1, 0.15) is 7.43 Å². The van der Waals surface area contributed by atoms with Crippen molar-refractivity contribution in [2.24, 2.45) is 0 Å². The smallest absolute Gasteiger partial charge is 0.264 e. The molecule has 0 fully saturated rings.